The van der Waals surface area contributed by atoms with E-state index >= 15 is 0 Å². The number of para-hydroxylation sites is 2. The van der Waals surface area contributed by atoms with Gasteiger partial charge in [-0.05, 0) is 19.1 Å². The number of anilines is 2. The summed E-state index contributed by atoms with van der Waals surface area (Å²) in [5.74, 6) is 0. The number of fused-ring (bicyclic) bond motifs is 1. The summed E-state index contributed by atoms with van der Waals surface area (Å²) < 4.78 is 5.43. The van der Waals surface area contributed by atoms with Crippen molar-refractivity contribution in [3.8, 4) is 0 Å². The lowest BCUT2D eigenvalue weighted by Gasteiger charge is -2.08. The molecule has 0 saturated carbocycles. The smallest absolute Gasteiger partial charge is 0.243 e. The number of rotatable bonds is 2. The van der Waals surface area contributed by atoms with Crippen molar-refractivity contribution in [1.82, 2.24) is 0 Å². The monoisotopic (exact) mass is 182 g/mol. The van der Waals surface area contributed by atoms with Crippen LogP contribution in [0.4, 0.5) is 11.4 Å². The van der Waals surface area contributed by atoms with Crippen LogP contribution in [0.1, 0.15) is 6.92 Å². The molecule has 1 aliphatic heterocycles. The fraction of sp³-hybridized carbons (Fsp3) is 0.250. The quantitative estimate of drug-likeness (QED) is 0.690. The second-order valence-corrected chi connectivity index (χ2v) is 3.78. The summed E-state index contributed by atoms with van der Waals surface area (Å²) in [5, 5.41) is 6.53. The van der Waals surface area contributed by atoms with E-state index in [1.165, 1.54) is 0 Å². The average molecular weight is 182 g/mol. The van der Waals surface area contributed by atoms with Gasteiger partial charge in [0.15, 0.2) is 0 Å². The van der Waals surface area contributed by atoms with Gasteiger partial charge in [-0.15, -0.1) is 0 Å². The highest BCUT2D eigenvalue weighted by atomic mass is 31.2. The van der Waals surface area contributed by atoms with Crippen molar-refractivity contribution in [2.45, 2.75) is 6.92 Å². The van der Waals surface area contributed by atoms with Crippen molar-refractivity contribution in [3.63, 3.8) is 0 Å². The van der Waals surface area contributed by atoms with Gasteiger partial charge in [-0.1, -0.05) is 12.1 Å². The molecule has 0 bridgehead atoms. The molecular formula is C8H11N2OP. The van der Waals surface area contributed by atoms with E-state index in [9.17, 15) is 0 Å². The van der Waals surface area contributed by atoms with Crippen LogP contribution in [0.3, 0.4) is 0 Å². The first-order chi connectivity index (χ1) is 5.90. The Bertz CT molecular complexity index is 255. The third-order valence-corrected chi connectivity index (χ3v) is 3.03. The van der Waals surface area contributed by atoms with Crippen LogP contribution in [0.15, 0.2) is 24.3 Å². The second-order valence-electron chi connectivity index (χ2n) is 2.48. The number of benzene rings is 1. The van der Waals surface area contributed by atoms with Gasteiger partial charge < -0.3 is 14.7 Å². The number of nitrogens with one attached hydrogen (secondary N) is 2. The Morgan fingerprint density at radius 3 is 2.33 bits per heavy atom. The van der Waals surface area contributed by atoms with Crippen molar-refractivity contribution >= 4 is 19.8 Å². The van der Waals surface area contributed by atoms with E-state index in [4.69, 9.17) is 4.52 Å². The van der Waals surface area contributed by atoms with E-state index in [0.717, 1.165) is 18.0 Å². The highest BCUT2D eigenvalue weighted by Crippen LogP contribution is 2.47. The maximum atomic E-state index is 5.43. The van der Waals surface area contributed by atoms with Crippen LogP contribution in [-0.4, -0.2) is 6.61 Å². The van der Waals surface area contributed by atoms with Gasteiger partial charge in [-0.3, -0.25) is 0 Å². The van der Waals surface area contributed by atoms with E-state index in [0.29, 0.717) is 0 Å². The Kier molecular flexibility index (Phi) is 2.15. The van der Waals surface area contributed by atoms with Crippen LogP contribution < -0.4 is 10.2 Å². The van der Waals surface area contributed by atoms with Crippen LogP contribution in [0, 0.1) is 0 Å². The van der Waals surface area contributed by atoms with E-state index < -0.39 is 8.45 Å². The molecule has 0 atom stereocenters. The van der Waals surface area contributed by atoms with Crippen LogP contribution in [0.25, 0.3) is 0 Å². The first-order valence-corrected chi connectivity index (χ1v) is 5.21. The molecular weight excluding hydrogens is 171 g/mol. The lowest BCUT2D eigenvalue weighted by atomic mass is 10.3. The molecule has 1 aromatic rings. The minimum absolute atomic E-state index is 0.672. The molecule has 1 heterocycles. The second kappa shape index (κ2) is 3.30. The minimum Gasteiger partial charge on any atom is -0.323 e. The molecule has 3 nitrogen and oxygen atoms in total. The fourth-order valence-electron chi connectivity index (χ4n) is 1.12. The standard InChI is InChI=1S/C8H11N2OP/c1-2-11-12-9-7-5-3-4-6-8(7)10-12/h3-6,9-10H,2H2,1H3. The Hall–Kier alpha value is -0.790. The predicted molar refractivity (Wildman–Crippen MR) is 52.2 cm³/mol. The van der Waals surface area contributed by atoms with Gasteiger partial charge in [0.05, 0.1) is 18.0 Å². The minimum atomic E-state index is -0.672. The molecule has 1 aliphatic rings. The average Bonchev–Trinajstić information content (AvgIpc) is 2.47. The Morgan fingerprint density at radius 2 is 1.83 bits per heavy atom. The molecule has 0 fully saturated rings. The van der Waals surface area contributed by atoms with Crippen LogP contribution in [-0.2, 0) is 4.52 Å². The summed E-state index contributed by atoms with van der Waals surface area (Å²) in [6.07, 6.45) is 0. The SMILES string of the molecule is CCOP1Nc2ccccc2N1. The fourth-order valence-corrected chi connectivity index (χ4v) is 2.39. The summed E-state index contributed by atoms with van der Waals surface area (Å²) in [6, 6.07) is 8.12. The third kappa shape index (κ3) is 1.38. The molecule has 12 heavy (non-hydrogen) atoms. The Balaban J connectivity index is 2.11. The van der Waals surface area contributed by atoms with Crippen LogP contribution in [0.5, 0.6) is 0 Å². The van der Waals surface area contributed by atoms with Crippen molar-refractivity contribution in [1.29, 1.82) is 0 Å². The molecule has 2 rings (SSSR count). The topological polar surface area (TPSA) is 33.3 Å². The molecule has 0 amide bonds. The van der Waals surface area contributed by atoms with Crippen molar-refractivity contribution in [2.75, 3.05) is 16.8 Å². The lowest BCUT2D eigenvalue weighted by Crippen LogP contribution is -1.94. The largest absolute Gasteiger partial charge is 0.323 e. The molecule has 0 aromatic heterocycles. The van der Waals surface area contributed by atoms with Crippen molar-refractivity contribution < 1.29 is 4.52 Å². The Labute approximate surface area is 73.1 Å². The summed E-state index contributed by atoms with van der Waals surface area (Å²) in [4.78, 5) is 0. The molecule has 0 saturated heterocycles. The maximum absolute atomic E-state index is 5.43. The molecule has 0 aliphatic carbocycles. The summed E-state index contributed by atoms with van der Waals surface area (Å²) in [5.41, 5.74) is 2.27. The zero-order valence-electron chi connectivity index (χ0n) is 6.87. The zero-order chi connectivity index (χ0) is 8.39. The van der Waals surface area contributed by atoms with Gasteiger partial charge in [0.1, 0.15) is 0 Å². The highest BCUT2D eigenvalue weighted by Gasteiger charge is 2.19. The third-order valence-electron chi connectivity index (χ3n) is 1.63. The van der Waals surface area contributed by atoms with E-state index in [1.807, 2.05) is 31.2 Å². The molecule has 2 N–H and O–H groups in total. The van der Waals surface area contributed by atoms with Crippen molar-refractivity contribution in [3.05, 3.63) is 24.3 Å². The number of hydrogen-bond acceptors (Lipinski definition) is 3. The number of hydrogen-bond donors (Lipinski definition) is 2. The van der Waals surface area contributed by atoms with Gasteiger partial charge >= 0.3 is 0 Å². The van der Waals surface area contributed by atoms with Crippen LogP contribution >= 0.6 is 8.45 Å². The molecule has 64 valence electrons. The summed E-state index contributed by atoms with van der Waals surface area (Å²) in [7, 11) is -0.672. The van der Waals surface area contributed by atoms with Gasteiger partial charge in [0.25, 0.3) is 0 Å². The van der Waals surface area contributed by atoms with Gasteiger partial charge in [0.2, 0.25) is 8.45 Å². The first-order valence-electron chi connectivity index (χ1n) is 3.95. The van der Waals surface area contributed by atoms with Crippen LogP contribution in [0.2, 0.25) is 0 Å². The molecule has 4 heteroatoms. The van der Waals surface area contributed by atoms with E-state index in [1.54, 1.807) is 0 Å². The predicted octanol–water partition coefficient (Wildman–Crippen LogP) is 2.79. The zero-order valence-corrected chi connectivity index (χ0v) is 7.77. The highest BCUT2D eigenvalue weighted by molar-refractivity contribution is 7.56. The summed E-state index contributed by atoms with van der Waals surface area (Å²) in [6.45, 7) is 2.73. The van der Waals surface area contributed by atoms with Gasteiger partial charge in [-0.2, -0.15) is 0 Å². The molecule has 0 radical (unpaired) electrons. The first kappa shape index (κ1) is 7.84. The van der Waals surface area contributed by atoms with E-state index in [-0.39, 0.29) is 0 Å². The van der Waals surface area contributed by atoms with Crippen molar-refractivity contribution in [2.24, 2.45) is 0 Å². The molecule has 1 aromatic carbocycles. The summed E-state index contributed by atoms with van der Waals surface area (Å²) >= 11 is 0. The Morgan fingerprint density at radius 1 is 1.25 bits per heavy atom. The molecule has 0 spiro atoms. The van der Waals surface area contributed by atoms with Gasteiger partial charge in [-0.25, -0.2) is 0 Å². The normalized spacial score (nSPS) is 15.1. The van der Waals surface area contributed by atoms with Gasteiger partial charge in [0, 0.05) is 0 Å². The molecule has 0 unspecified atom stereocenters. The maximum Gasteiger partial charge on any atom is 0.243 e. The lowest BCUT2D eigenvalue weighted by molar-refractivity contribution is 0.383. The van der Waals surface area contributed by atoms with E-state index in [2.05, 4.69) is 10.2 Å².